The van der Waals surface area contributed by atoms with Crippen molar-refractivity contribution in [1.82, 2.24) is 4.90 Å². The van der Waals surface area contributed by atoms with E-state index in [0.29, 0.717) is 19.1 Å². The minimum absolute atomic E-state index is 0. The van der Waals surface area contributed by atoms with Gasteiger partial charge >= 0.3 is 0 Å². The van der Waals surface area contributed by atoms with Crippen LogP contribution in [0.2, 0.25) is 0 Å². The molecule has 1 rings (SSSR count). The van der Waals surface area contributed by atoms with Gasteiger partial charge in [0.1, 0.15) is 6.61 Å². The third-order valence-corrected chi connectivity index (χ3v) is 3.09. The van der Waals surface area contributed by atoms with Crippen LogP contribution >= 0.6 is 12.4 Å². The van der Waals surface area contributed by atoms with Gasteiger partial charge in [-0.25, -0.2) is 0 Å². The average Bonchev–Trinajstić information content (AvgIpc) is 2.77. The van der Waals surface area contributed by atoms with E-state index < -0.39 is 0 Å². The molecule has 2 N–H and O–H groups in total. The molecule has 1 atom stereocenters. The summed E-state index contributed by atoms with van der Waals surface area (Å²) in [6.45, 7) is 5.44. The molecule has 1 heterocycles. The Kier molecular flexibility index (Phi) is 9.50. The standard InChI is InChI=1S/C12H24N2O2.ClH/c1-2-3-4-7-16-10-12(15)14-6-5-11(8-13)9-14;/h11H,2-10,13H2,1H3;1H. The van der Waals surface area contributed by atoms with Gasteiger partial charge < -0.3 is 15.4 Å². The number of unbranched alkanes of at least 4 members (excludes halogenated alkanes) is 2. The van der Waals surface area contributed by atoms with Gasteiger partial charge in [-0.05, 0) is 25.3 Å². The van der Waals surface area contributed by atoms with E-state index in [1.54, 1.807) is 0 Å². The quantitative estimate of drug-likeness (QED) is 0.708. The van der Waals surface area contributed by atoms with Crippen LogP contribution in [-0.4, -0.2) is 43.7 Å². The van der Waals surface area contributed by atoms with Crippen LogP contribution in [0.4, 0.5) is 0 Å². The Bertz CT molecular complexity index is 215. The van der Waals surface area contributed by atoms with Crippen LogP contribution in [0.25, 0.3) is 0 Å². The molecule has 1 fully saturated rings. The van der Waals surface area contributed by atoms with Crippen LogP contribution in [0.3, 0.4) is 0 Å². The number of hydrogen-bond donors (Lipinski definition) is 1. The summed E-state index contributed by atoms with van der Waals surface area (Å²) in [6, 6.07) is 0. The molecule has 1 aliphatic heterocycles. The fourth-order valence-corrected chi connectivity index (χ4v) is 1.96. The van der Waals surface area contributed by atoms with E-state index in [9.17, 15) is 4.79 Å². The van der Waals surface area contributed by atoms with Gasteiger partial charge in [0.05, 0.1) is 0 Å². The molecular weight excluding hydrogens is 240 g/mol. The number of hydrogen-bond acceptors (Lipinski definition) is 3. The van der Waals surface area contributed by atoms with Crippen LogP contribution in [0.5, 0.6) is 0 Å². The molecule has 1 unspecified atom stereocenters. The number of amides is 1. The van der Waals surface area contributed by atoms with Crippen molar-refractivity contribution in [3.05, 3.63) is 0 Å². The maximum absolute atomic E-state index is 11.7. The first kappa shape index (κ1) is 16.7. The molecule has 1 saturated heterocycles. The summed E-state index contributed by atoms with van der Waals surface area (Å²) in [4.78, 5) is 13.6. The van der Waals surface area contributed by atoms with E-state index in [0.717, 1.165) is 25.9 Å². The van der Waals surface area contributed by atoms with Crippen LogP contribution in [0.1, 0.15) is 32.6 Å². The Hall–Kier alpha value is -0.320. The molecule has 1 aliphatic rings. The maximum Gasteiger partial charge on any atom is 0.248 e. The minimum atomic E-state index is 0. The van der Waals surface area contributed by atoms with Crippen LogP contribution in [0, 0.1) is 5.92 Å². The highest BCUT2D eigenvalue weighted by Gasteiger charge is 2.24. The second-order valence-corrected chi connectivity index (χ2v) is 4.49. The molecule has 5 heteroatoms. The summed E-state index contributed by atoms with van der Waals surface area (Å²) in [7, 11) is 0. The Labute approximate surface area is 110 Å². The molecule has 0 spiro atoms. The highest BCUT2D eigenvalue weighted by atomic mass is 35.5. The Morgan fingerprint density at radius 2 is 2.24 bits per heavy atom. The molecule has 0 aromatic rings. The summed E-state index contributed by atoms with van der Waals surface area (Å²) in [5.74, 6) is 0.608. The molecule has 1 amide bonds. The average molecular weight is 265 g/mol. The van der Waals surface area contributed by atoms with Gasteiger partial charge in [-0.2, -0.15) is 0 Å². The number of carbonyl (C=O) groups is 1. The second-order valence-electron chi connectivity index (χ2n) is 4.49. The molecule has 0 aromatic heterocycles. The first-order valence-corrected chi connectivity index (χ1v) is 6.33. The monoisotopic (exact) mass is 264 g/mol. The molecule has 102 valence electrons. The number of carbonyl (C=O) groups excluding carboxylic acids is 1. The van der Waals surface area contributed by atoms with Gasteiger partial charge in [-0.15, -0.1) is 12.4 Å². The first-order valence-electron chi connectivity index (χ1n) is 6.33. The maximum atomic E-state index is 11.7. The van der Waals surface area contributed by atoms with Gasteiger partial charge in [0.2, 0.25) is 5.91 Å². The van der Waals surface area contributed by atoms with Crippen molar-refractivity contribution in [1.29, 1.82) is 0 Å². The highest BCUT2D eigenvalue weighted by Crippen LogP contribution is 2.14. The molecule has 4 nitrogen and oxygen atoms in total. The zero-order valence-electron chi connectivity index (χ0n) is 10.7. The third kappa shape index (κ3) is 6.24. The molecular formula is C12H25ClN2O2. The Morgan fingerprint density at radius 1 is 1.47 bits per heavy atom. The van der Waals surface area contributed by atoms with Crippen LogP contribution in [0.15, 0.2) is 0 Å². The number of ether oxygens (including phenoxy) is 1. The van der Waals surface area contributed by atoms with E-state index in [2.05, 4.69) is 6.92 Å². The molecule has 0 saturated carbocycles. The number of likely N-dealkylation sites (tertiary alicyclic amines) is 1. The van der Waals surface area contributed by atoms with E-state index in [4.69, 9.17) is 10.5 Å². The Balaban J connectivity index is 0.00000256. The SMILES string of the molecule is CCCCCOCC(=O)N1CCC(CN)C1.Cl. The van der Waals surface area contributed by atoms with Gasteiger partial charge in [-0.3, -0.25) is 4.79 Å². The summed E-state index contributed by atoms with van der Waals surface area (Å²) in [5.41, 5.74) is 5.58. The summed E-state index contributed by atoms with van der Waals surface area (Å²) < 4.78 is 5.36. The largest absolute Gasteiger partial charge is 0.372 e. The fourth-order valence-electron chi connectivity index (χ4n) is 1.96. The number of nitrogens with zero attached hydrogens (tertiary/aromatic N) is 1. The number of rotatable bonds is 7. The Morgan fingerprint density at radius 3 is 2.82 bits per heavy atom. The number of nitrogens with two attached hydrogens (primary N) is 1. The van der Waals surface area contributed by atoms with Crippen molar-refractivity contribution < 1.29 is 9.53 Å². The lowest BCUT2D eigenvalue weighted by atomic mass is 10.1. The minimum Gasteiger partial charge on any atom is -0.372 e. The van der Waals surface area contributed by atoms with Crippen molar-refractivity contribution in [2.24, 2.45) is 11.7 Å². The predicted octanol–water partition coefficient (Wildman–Crippen LogP) is 1.42. The zero-order chi connectivity index (χ0) is 11.8. The third-order valence-electron chi connectivity index (χ3n) is 3.09. The van der Waals surface area contributed by atoms with Gasteiger partial charge in [0.25, 0.3) is 0 Å². The van der Waals surface area contributed by atoms with Crippen molar-refractivity contribution in [2.75, 3.05) is 32.8 Å². The van der Waals surface area contributed by atoms with Crippen molar-refractivity contribution >= 4 is 18.3 Å². The summed E-state index contributed by atoms with van der Waals surface area (Å²) >= 11 is 0. The molecule has 0 bridgehead atoms. The second kappa shape index (κ2) is 9.68. The first-order chi connectivity index (χ1) is 7.77. The van der Waals surface area contributed by atoms with Crippen LogP contribution < -0.4 is 5.73 Å². The van der Waals surface area contributed by atoms with Crippen LogP contribution in [-0.2, 0) is 9.53 Å². The van der Waals surface area contributed by atoms with E-state index >= 15 is 0 Å². The smallest absolute Gasteiger partial charge is 0.248 e. The van der Waals surface area contributed by atoms with Crippen molar-refractivity contribution in [2.45, 2.75) is 32.6 Å². The number of halogens is 1. The zero-order valence-corrected chi connectivity index (χ0v) is 11.5. The van der Waals surface area contributed by atoms with Gasteiger partial charge in [0, 0.05) is 19.7 Å². The molecule has 0 radical (unpaired) electrons. The summed E-state index contributed by atoms with van der Waals surface area (Å²) in [6.07, 6.45) is 4.45. The lowest BCUT2D eigenvalue weighted by molar-refractivity contribution is -0.135. The fraction of sp³-hybridized carbons (Fsp3) is 0.917. The predicted molar refractivity (Wildman–Crippen MR) is 71.3 cm³/mol. The van der Waals surface area contributed by atoms with Crippen molar-refractivity contribution in [3.63, 3.8) is 0 Å². The van der Waals surface area contributed by atoms with Gasteiger partial charge in [-0.1, -0.05) is 19.8 Å². The van der Waals surface area contributed by atoms with Crippen molar-refractivity contribution in [3.8, 4) is 0 Å². The molecule has 17 heavy (non-hydrogen) atoms. The summed E-state index contributed by atoms with van der Waals surface area (Å²) in [5, 5.41) is 0. The van der Waals surface area contributed by atoms with E-state index in [1.807, 2.05) is 4.90 Å². The van der Waals surface area contributed by atoms with E-state index in [-0.39, 0.29) is 24.9 Å². The topological polar surface area (TPSA) is 55.6 Å². The molecule has 0 aromatic carbocycles. The normalized spacial score (nSPS) is 19.2. The van der Waals surface area contributed by atoms with Gasteiger partial charge in [0.15, 0.2) is 0 Å². The molecule has 0 aliphatic carbocycles. The lowest BCUT2D eigenvalue weighted by Gasteiger charge is -2.16. The highest BCUT2D eigenvalue weighted by molar-refractivity contribution is 5.85. The van der Waals surface area contributed by atoms with E-state index in [1.165, 1.54) is 12.8 Å². The lowest BCUT2D eigenvalue weighted by Crippen LogP contribution is -2.33.